The van der Waals surface area contributed by atoms with Crippen molar-refractivity contribution < 1.29 is 22.5 Å². The van der Waals surface area contributed by atoms with Gasteiger partial charge in [-0.15, -0.1) is 0 Å². The van der Waals surface area contributed by atoms with Crippen LogP contribution in [-0.2, 0) is 23.9 Å². The van der Waals surface area contributed by atoms with E-state index < -0.39 is 11.7 Å². The predicted octanol–water partition coefficient (Wildman–Crippen LogP) is 4.32. The summed E-state index contributed by atoms with van der Waals surface area (Å²) in [5.41, 5.74) is 0.0343. The Bertz CT molecular complexity index is 858. The van der Waals surface area contributed by atoms with Gasteiger partial charge >= 0.3 is 6.18 Å². The maximum absolute atomic E-state index is 12.9. The molecule has 1 aliphatic rings. The number of nitrogens with zero attached hydrogens (tertiary/aromatic N) is 3. The van der Waals surface area contributed by atoms with Gasteiger partial charge in [0.05, 0.1) is 5.56 Å². The molecule has 1 amide bonds. The largest absolute Gasteiger partial charge is 0.416 e. The van der Waals surface area contributed by atoms with Gasteiger partial charge in [-0.2, -0.15) is 18.2 Å². The summed E-state index contributed by atoms with van der Waals surface area (Å²) >= 11 is 0. The first kappa shape index (κ1) is 23.2. The zero-order valence-electron chi connectivity index (χ0n) is 17.9. The average molecular weight is 438 g/mol. The fourth-order valence-electron chi connectivity index (χ4n) is 3.64. The molecule has 6 nitrogen and oxygen atoms in total. The Morgan fingerprint density at radius 1 is 1.29 bits per heavy atom. The minimum absolute atomic E-state index is 0.0000678. The van der Waals surface area contributed by atoms with E-state index in [1.165, 1.54) is 12.1 Å². The summed E-state index contributed by atoms with van der Waals surface area (Å²) in [5.74, 6) is 1.44. The van der Waals surface area contributed by atoms with E-state index in [0.29, 0.717) is 43.1 Å². The highest BCUT2D eigenvalue weighted by Crippen LogP contribution is 2.30. The van der Waals surface area contributed by atoms with Crippen LogP contribution >= 0.6 is 0 Å². The van der Waals surface area contributed by atoms with Crippen LogP contribution in [0.1, 0.15) is 68.3 Å². The molecule has 9 heteroatoms. The van der Waals surface area contributed by atoms with E-state index in [1.54, 1.807) is 6.07 Å². The number of benzene rings is 1. The number of aryl methyl sites for hydroxylation is 1. The van der Waals surface area contributed by atoms with Crippen molar-refractivity contribution in [2.45, 2.75) is 70.6 Å². The molecule has 0 aliphatic carbocycles. The number of piperidine rings is 1. The Morgan fingerprint density at radius 2 is 2.03 bits per heavy atom. The van der Waals surface area contributed by atoms with E-state index in [4.69, 9.17) is 4.52 Å². The molecular formula is C22H29F3N4O2. The summed E-state index contributed by atoms with van der Waals surface area (Å²) in [6, 6.07) is 5.56. The fourth-order valence-corrected chi connectivity index (χ4v) is 3.64. The Morgan fingerprint density at radius 3 is 2.68 bits per heavy atom. The summed E-state index contributed by atoms with van der Waals surface area (Å²) < 4.78 is 43.8. The van der Waals surface area contributed by atoms with Crippen molar-refractivity contribution in [3.63, 3.8) is 0 Å². The van der Waals surface area contributed by atoms with E-state index >= 15 is 0 Å². The third-order valence-electron chi connectivity index (χ3n) is 5.41. The van der Waals surface area contributed by atoms with Gasteiger partial charge in [0.25, 0.3) is 0 Å². The Hall–Kier alpha value is -2.42. The lowest BCUT2D eigenvalue weighted by atomic mass is 10.0. The number of hydrogen-bond donors (Lipinski definition) is 1. The highest BCUT2D eigenvalue weighted by Gasteiger charge is 2.30. The van der Waals surface area contributed by atoms with Gasteiger partial charge < -0.3 is 9.84 Å². The molecule has 0 saturated carbocycles. The highest BCUT2D eigenvalue weighted by molar-refractivity contribution is 5.76. The molecule has 2 heterocycles. The zero-order chi connectivity index (χ0) is 22.4. The number of alkyl halides is 3. The number of carbonyl (C=O) groups excluding carboxylic acids is 1. The van der Waals surface area contributed by atoms with Gasteiger partial charge in [0.15, 0.2) is 5.82 Å². The molecule has 31 heavy (non-hydrogen) atoms. The van der Waals surface area contributed by atoms with Gasteiger partial charge in [0, 0.05) is 44.4 Å². The van der Waals surface area contributed by atoms with Crippen molar-refractivity contribution in [1.82, 2.24) is 20.4 Å². The van der Waals surface area contributed by atoms with Crippen LogP contribution in [0.5, 0.6) is 0 Å². The lowest BCUT2D eigenvalue weighted by molar-refractivity contribution is -0.137. The van der Waals surface area contributed by atoms with Crippen molar-refractivity contribution in [3.05, 3.63) is 47.1 Å². The number of aromatic nitrogens is 2. The summed E-state index contributed by atoms with van der Waals surface area (Å²) in [5, 5.41) is 6.97. The molecule has 1 aromatic carbocycles. The second kappa shape index (κ2) is 10.3. The maximum atomic E-state index is 12.9. The number of nitrogens with one attached hydrogen (secondary N) is 1. The molecule has 1 fully saturated rings. The summed E-state index contributed by atoms with van der Waals surface area (Å²) in [6.45, 7) is 5.94. The molecule has 0 unspecified atom stereocenters. The molecule has 0 radical (unpaired) electrons. The lowest BCUT2D eigenvalue weighted by Gasteiger charge is -2.32. The van der Waals surface area contributed by atoms with Crippen molar-refractivity contribution in [2.24, 2.45) is 0 Å². The minimum atomic E-state index is -4.33. The molecule has 2 aromatic rings. The molecule has 1 aliphatic heterocycles. The number of halogens is 3. The fraction of sp³-hybridized carbons (Fsp3) is 0.591. The van der Waals surface area contributed by atoms with Crippen LogP contribution in [0.25, 0.3) is 0 Å². The molecule has 1 saturated heterocycles. The van der Waals surface area contributed by atoms with Crippen LogP contribution in [0.15, 0.2) is 28.8 Å². The molecule has 170 valence electrons. The molecular weight excluding hydrogens is 409 g/mol. The van der Waals surface area contributed by atoms with Crippen LogP contribution in [0, 0.1) is 0 Å². The SMILES string of the molecule is CC(C)c1noc(CCCC(=O)NC2CCN(Cc3cccc(C(F)(F)F)c3)CC2)n1. The van der Waals surface area contributed by atoms with Gasteiger partial charge in [-0.05, 0) is 30.9 Å². The normalized spacial score (nSPS) is 16.1. The number of hydrogen-bond acceptors (Lipinski definition) is 5. The van der Waals surface area contributed by atoms with E-state index in [2.05, 4.69) is 20.4 Å². The third-order valence-corrected chi connectivity index (χ3v) is 5.41. The topological polar surface area (TPSA) is 71.3 Å². The second-order valence-electron chi connectivity index (χ2n) is 8.37. The summed E-state index contributed by atoms with van der Waals surface area (Å²) in [4.78, 5) is 18.7. The number of amides is 1. The number of rotatable bonds is 8. The monoisotopic (exact) mass is 438 g/mol. The number of likely N-dealkylation sites (tertiary alicyclic amines) is 1. The standard InChI is InChI=1S/C22H29F3N4O2/c1-15(2)21-27-20(31-28-21)8-4-7-19(30)26-18-9-11-29(12-10-18)14-16-5-3-6-17(13-16)22(23,24)25/h3,5-6,13,15,18H,4,7-12,14H2,1-2H3,(H,26,30). The quantitative estimate of drug-likeness (QED) is 0.665. The van der Waals surface area contributed by atoms with Crippen molar-refractivity contribution in [2.75, 3.05) is 13.1 Å². The number of carbonyl (C=O) groups is 1. The molecule has 1 N–H and O–H groups in total. The van der Waals surface area contributed by atoms with E-state index in [-0.39, 0.29) is 17.9 Å². The predicted molar refractivity (Wildman–Crippen MR) is 109 cm³/mol. The molecule has 3 rings (SSSR count). The maximum Gasteiger partial charge on any atom is 0.416 e. The first-order valence-corrected chi connectivity index (χ1v) is 10.7. The van der Waals surface area contributed by atoms with Gasteiger partial charge in [-0.25, -0.2) is 0 Å². The van der Waals surface area contributed by atoms with Gasteiger partial charge in [0.2, 0.25) is 11.8 Å². The van der Waals surface area contributed by atoms with Crippen molar-refractivity contribution in [3.8, 4) is 0 Å². The van der Waals surface area contributed by atoms with Crippen molar-refractivity contribution >= 4 is 5.91 Å². The van der Waals surface area contributed by atoms with E-state index in [9.17, 15) is 18.0 Å². The van der Waals surface area contributed by atoms with Gasteiger partial charge in [-0.3, -0.25) is 9.69 Å². The molecule has 0 bridgehead atoms. The zero-order valence-corrected chi connectivity index (χ0v) is 17.9. The first-order valence-electron chi connectivity index (χ1n) is 10.7. The van der Waals surface area contributed by atoms with Crippen LogP contribution in [0.2, 0.25) is 0 Å². The highest BCUT2D eigenvalue weighted by atomic mass is 19.4. The first-order chi connectivity index (χ1) is 14.7. The summed E-state index contributed by atoms with van der Waals surface area (Å²) in [7, 11) is 0. The molecule has 0 atom stereocenters. The minimum Gasteiger partial charge on any atom is -0.353 e. The summed E-state index contributed by atoms with van der Waals surface area (Å²) in [6.07, 6.45) is -1.15. The Labute approximate surface area is 180 Å². The van der Waals surface area contributed by atoms with Crippen LogP contribution < -0.4 is 5.32 Å². The van der Waals surface area contributed by atoms with E-state index in [1.807, 2.05) is 13.8 Å². The van der Waals surface area contributed by atoms with E-state index in [0.717, 1.165) is 32.0 Å². The lowest BCUT2D eigenvalue weighted by Crippen LogP contribution is -2.44. The smallest absolute Gasteiger partial charge is 0.353 e. The van der Waals surface area contributed by atoms with Crippen LogP contribution in [-0.4, -0.2) is 40.1 Å². The second-order valence-corrected chi connectivity index (χ2v) is 8.37. The van der Waals surface area contributed by atoms with Gasteiger partial charge in [0.1, 0.15) is 0 Å². The molecule has 1 aromatic heterocycles. The molecule has 0 spiro atoms. The van der Waals surface area contributed by atoms with Gasteiger partial charge in [-0.1, -0.05) is 37.2 Å². The van der Waals surface area contributed by atoms with Crippen LogP contribution in [0.4, 0.5) is 13.2 Å². The third kappa shape index (κ3) is 7.05. The van der Waals surface area contributed by atoms with Crippen LogP contribution in [0.3, 0.4) is 0 Å². The Kier molecular flexibility index (Phi) is 7.69. The average Bonchev–Trinajstić information content (AvgIpc) is 3.18. The van der Waals surface area contributed by atoms with Crippen molar-refractivity contribution in [1.29, 1.82) is 0 Å². The Balaban J connectivity index is 1.36.